The Morgan fingerprint density at radius 3 is 2.33 bits per heavy atom. The first-order valence-electron chi connectivity index (χ1n) is 26.1. The lowest BCUT2D eigenvalue weighted by atomic mass is 9.35. The Bertz CT molecular complexity index is 2070. The minimum atomic E-state index is -0.769. The summed E-state index contributed by atoms with van der Waals surface area (Å²) in [6, 6.07) is 5.78. The van der Waals surface area contributed by atoms with Crippen LogP contribution in [0.3, 0.4) is 0 Å². The first-order chi connectivity index (χ1) is 31.5. The Morgan fingerprint density at radius 1 is 0.970 bits per heavy atom. The normalized spacial score (nSPS) is 35.5. The van der Waals surface area contributed by atoms with Gasteiger partial charge in [-0.2, -0.15) is 0 Å². The van der Waals surface area contributed by atoms with Crippen LogP contribution in [0.15, 0.2) is 29.3 Å². The number of rotatable bonds is 15. The molecule has 5 saturated carbocycles. The molecule has 11 heteroatoms. The van der Waals surface area contributed by atoms with Crippen molar-refractivity contribution < 1.29 is 33.8 Å². The highest BCUT2D eigenvalue weighted by Crippen LogP contribution is 2.74. The molecule has 6 aliphatic carbocycles. The van der Waals surface area contributed by atoms with Crippen LogP contribution in [0.2, 0.25) is 5.02 Å². The molecule has 0 radical (unpaired) electrons. The molecule has 67 heavy (non-hydrogen) atoms. The van der Waals surface area contributed by atoms with Crippen molar-refractivity contribution in [1.29, 1.82) is 0 Å². The number of Topliss-reactive ketones (excluding diaryl/α,β-unsaturated/α-hetero) is 2. The number of hydrogen-bond acceptors (Lipinski definition) is 7. The first kappa shape index (κ1) is 51.6. The average molecular weight is 947 g/mol. The molecule has 0 spiro atoms. The Balaban J connectivity index is 0.000000350. The Morgan fingerprint density at radius 2 is 1.67 bits per heavy atom. The molecular formula is C56H84ClN3O7. The number of allylic oxidation sites excluding steroid dienone is 2. The lowest BCUT2D eigenvalue weighted by Crippen LogP contribution is -2.62. The van der Waals surface area contributed by atoms with Crippen LogP contribution >= 0.6 is 11.6 Å². The van der Waals surface area contributed by atoms with Crippen molar-refractivity contribution in [2.75, 3.05) is 32.8 Å². The quantitative estimate of drug-likeness (QED) is 0.148. The lowest BCUT2D eigenvalue weighted by molar-refractivity contribution is -0.193. The zero-order chi connectivity index (χ0) is 48.9. The highest BCUT2D eigenvalue weighted by molar-refractivity contribution is 6.30. The number of ether oxygens (including phenoxy) is 1. The largest absolute Gasteiger partial charge is 0.492 e. The number of benzene rings is 1. The molecule has 1 aromatic rings. The van der Waals surface area contributed by atoms with Crippen molar-refractivity contribution in [3.63, 3.8) is 0 Å². The SMILES string of the molecule is CC(C)C1=C2C3CCC4C(C)(CCC5C(C)(C)C(CC(=O)C6CC(C(=O)O)C6C)CCC54C)C3CCC2(CC(=O)NCC(C)(C)NC=O)CC1=O.Cc1ccc(Cl)cc1OCCN1CCCC1. The molecule has 0 aromatic heterocycles. The molecule has 2 amide bonds. The van der Waals surface area contributed by atoms with E-state index in [0.717, 1.165) is 86.4 Å². The van der Waals surface area contributed by atoms with Crippen molar-refractivity contribution in [1.82, 2.24) is 15.5 Å². The lowest BCUT2D eigenvalue weighted by Gasteiger charge is -2.69. The minimum Gasteiger partial charge on any atom is -0.492 e. The smallest absolute Gasteiger partial charge is 0.306 e. The number of carbonyl (C=O) groups excluding carboxylic acids is 4. The van der Waals surface area contributed by atoms with Crippen molar-refractivity contribution in [2.45, 2.75) is 165 Å². The molecule has 0 bridgehead atoms. The van der Waals surface area contributed by atoms with E-state index in [9.17, 15) is 29.1 Å². The van der Waals surface area contributed by atoms with Gasteiger partial charge in [0, 0.05) is 48.7 Å². The van der Waals surface area contributed by atoms with E-state index in [-0.39, 0.29) is 57.4 Å². The summed E-state index contributed by atoms with van der Waals surface area (Å²) in [6.07, 6.45) is 13.8. The van der Waals surface area contributed by atoms with Gasteiger partial charge in [0.1, 0.15) is 18.1 Å². The van der Waals surface area contributed by atoms with Gasteiger partial charge < -0.3 is 20.5 Å². The molecule has 1 saturated heterocycles. The molecule has 372 valence electrons. The number of hydrogen-bond donors (Lipinski definition) is 3. The maximum absolute atomic E-state index is 13.9. The number of fused-ring (bicyclic) bond motifs is 7. The third-order valence-electron chi connectivity index (χ3n) is 19.6. The number of halogens is 1. The summed E-state index contributed by atoms with van der Waals surface area (Å²) in [6.45, 7) is 26.6. The van der Waals surface area contributed by atoms with Gasteiger partial charge in [0.05, 0.1) is 11.5 Å². The molecule has 8 rings (SSSR count). The molecule has 11 atom stereocenters. The van der Waals surface area contributed by atoms with Gasteiger partial charge in [-0.1, -0.05) is 71.7 Å². The second-order valence-electron chi connectivity index (χ2n) is 24.6. The Hall–Kier alpha value is -3.24. The number of amides is 2. The fourth-order valence-electron chi connectivity index (χ4n) is 15.9. The summed E-state index contributed by atoms with van der Waals surface area (Å²) in [5, 5.41) is 16.1. The monoisotopic (exact) mass is 946 g/mol. The zero-order valence-electron chi connectivity index (χ0n) is 42.7. The van der Waals surface area contributed by atoms with Crippen molar-refractivity contribution >= 4 is 41.5 Å². The summed E-state index contributed by atoms with van der Waals surface area (Å²) in [5.74, 6) is 2.43. The highest BCUT2D eigenvalue weighted by Gasteiger charge is 2.66. The van der Waals surface area contributed by atoms with E-state index < -0.39 is 16.9 Å². The van der Waals surface area contributed by atoms with E-state index in [1.165, 1.54) is 31.5 Å². The third-order valence-corrected chi connectivity index (χ3v) is 19.9. The fraction of sp³-hybridized carbons (Fsp3) is 0.768. The second kappa shape index (κ2) is 19.9. The predicted molar refractivity (Wildman–Crippen MR) is 265 cm³/mol. The number of ketones is 2. The number of nitrogens with one attached hydrogen (secondary N) is 2. The van der Waals surface area contributed by atoms with E-state index in [0.29, 0.717) is 68.2 Å². The number of carboxylic acids is 1. The maximum Gasteiger partial charge on any atom is 0.306 e. The summed E-state index contributed by atoms with van der Waals surface area (Å²) in [7, 11) is 0. The van der Waals surface area contributed by atoms with Crippen LogP contribution < -0.4 is 15.4 Å². The molecule has 1 aliphatic heterocycles. The van der Waals surface area contributed by atoms with E-state index in [2.05, 4.69) is 57.1 Å². The number of carbonyl (C=O) groups is 5. The average Bonchev–Trinajstić information content (AvgIpc) is 3.87. The molecular weight excluding hydrogens is 862 g/mol. The number of aryl methyl sites for hydroxylation is 1. The topological polar surface area (TPSA) is 142 Å². The van der Waals surface area contributed by atoms with Gasteiger partial charge >= 0.3 is 5.97 Å². The Kier molecular flexibility index (Phi) is 15.3. The van der Waals surface area contributed by atoms with Gasteiger partial charge in [0.25, 0.3) is 0 Å². The fourth-order valence-corrected chi connectivity index (χ4v) is 16.1. The number of nitrogens with zero attached hydrogens (tertiary/aromatic N) is 1. The van der Waals surface area contributed by atoms with Crippen LogP contribution in [0.5, 0.6) is 5.75 Å². The molecule has 6 fully saturated rings. The summed E-state index contributed by atoms with van der Waals surface area (Å²) < 4.78 is 5.75. The number of aliphatic carboxylic acids is 1. The van der Waals surface area contributed by atoms with Crippen LogP contribution in [0.4, 0.5) is 0 Å². The van der Waals surface area contributed by atoms with E-state index >= 15 is 0 Å². The van der Waals surface area contributed by atoms with Gasteiger partial charge in [-0.25, -0.2) is 0 Å². The van der Waals surface area contributed by atoms with Crippen LogP contribution in [0.25, 0.3) is 0 Å². The molecule has 11 unspecified atom stereocenters. The van der Waals surface area contributed by atoms with Gasteiger partial charge in [0.2, 0.25) is 12.3 Å². The number of carboxylic acid groups (broad SMARTS) is 1. The molecule has 3 N–H and O–H groups in total. The van der Waals surface area contributed by atoms with Crippen LogP contribution in [0.1, 0.15) is 158 Å². The maximum atomic E-state index is 13.9. The molecule has 1 aromatic carbocycles. The molecule has 10 nitrogen and oxygen atoms in total. The van der Waals surface area contributed by atoms with E-state index in [4.69, 9.17) is 16.3 Å². The highest BCUT2D eigenvalue weighted by atomic mass is 35.5. The summed E-state index contributed by atoms with van der Waals surface area (Å²) >= 11 is 5.93. The third kappa shape index (κ3) is 10.1. The van der Waals surface area contributed by atoms with Gasteiger partial charge in [-0.05, 0) is 185 Å². The molecule has 7 aliphatic rings. The minimum absolute atomic E-state index is 0.0239. The van der Waals surface area contributed by atoms with Crippen molar-refractivity contribution in [3.8, 4) is 5.75 Å². The van der Waals surface area contributed by atoms with Gasteiger partial charge in [-0.15, -0.1) is 0 Å². The van der Waals surface area contributed by atoms with Crippen LogP contribution in [0, 0.1) is 81.8 Å². The first-order valence-corrected chi connectivity index (χ1v) is 26.5. The van der Waals surface area contributed by atoms with E-state index in [1.54, 1.807) is 0 Å². The zero-order valence-corrected chi connectivity index (χ0v) is 43.4. The van der Waals surface area contributed by atoms with Crippen LogP contribution in [-0.2, 0) is 24.0 Å². The summed E-state index contributed by atoms with van der Waals surface area (Å²) in [5.41, 5.74) is 2.86. The van der Waals surface area contributed by atoms with Crippen LogP contribution in [-0.4, -0.2) is 78.2 Å². The van der Waals surface area contributed by atoms with Crippen molar-refractivity contribution in [3.05, 3.63) is 39.9 Å². The van der Waals surface area contributed by atoms with Gasteiger partial charge in [0.15, 0.2) is 5.78 Å². The Labute approximate surface area is 407 Å². The van der Waals surface area contributed by atoms with Gasteiger partial charge in [-0.3, -0.25) is 28.9 Å². The predicted octanol–water partition coefficient (Wildman–Crippen LogP) is 10.7. The van der Waals surface area contributed by atoms with E-state index in [1.807, 2.05) is 45.9 Å². The second-order valence-corrected chi connectivity index (χ2v) is 25.1. The molecule has 1 heterocycles. The number of likely N-dealkylation sites (tertiary alicyclic amines) is 1. The standard InChI is InChI=1S/C43H66N2O6.C13H18ClNO/c1-24(2)36-32(48)20-43(21-35(49)44-22-39(4,5)45-23-46)17-13-30-27(37(36)43)10-11-34-41(30,8)16-14-33-40(6,7)26(12-15-42(33,34)9)18-31(47)28-19-29(25(28)3)38(50)51;1-11-4-5-12(14)10-13(11)16-9-8-15-6-2-3-7-15/h23-30,33-34H,10-22H2,1-9H3,(H,44,49)(H,45,46)(H,50,51);4-5,10H,2-3,6-9H2,1H3. The van der Waals surface area contributed by atoms with Crippen molar-refractivity contribution in [2.24, 2.45) is 74.9 Å². The summed E-state index contributed by atoms with van der Waals surface area (Å²) in [4.78, 5) is 66.1.